The quantitative estimate of drug-likeness (QED) is 0.719. The average molecular weight is 334 g/mol. The minimum absolute atomic E-state index is 0.0760. The van der Waals surface area contributed by atoms with E-state index in [2.05, 4.69) is 10.0 Å². The van der Waals surface area contributed by atoms with Gasteiger partial charge in [-0.3, -0.25) is 0 Å². The van der Waals surface area contributed by atoms with E-state index < -0.39 is 16.0 Å². The van der Waals surface area contributed by atoms with Crippen molar-refractivity contribution in [1.29, 1.82) is 0 Å². The van der Waals surface area contributed by atoms with Gasteiger partial charge in [0.25, 0.3) is 0 Å². The van der Waals surface area contributed by atoms with Crippen molar-refractivity contribution >= 4 is 21.7 Å². The lowest BCUT2D eigenvalue weighted by Crippen LogP contribution is -2.27. The summed E-state index contributed by atoms with van der Waals surface area (Å²) in [5.74, 6) is -1.17. The van der Waals surface area contributed by atoms with Crippen LogP contribution in [0.15, 0.2) is 53.4 Å². The minimum Gasteiger partial charge on any atom is -0.478 e. The third-order valence-corrected chi connectivity index (χ3v) is 4.84. The zero-order chi connectivity index (χ0) is 16.9. The molecule has 122 valence electrons. The molecular formula is C16H18N2O4S. The van der Waals surface area contributed by atoms with Crippen molar-refractivity contribution < 1.29 is 18.3 Å². The maximum atomic E-state index is 12.4. The Morgan fingerprint density at radius 1 is 1.13 bits per heavy atom. The first-order valence-electron chi connectivity index (χ1n) is 7.03. The number of anilines is 1. The van der Waals surface area contributed by atoms with Crippen molar-refractivity contribution in [2.24, 2.45) is 0 Å². The SMILES string of the molecule is CNc1ccc(C(=O)O)cc1S(=O)(=O)NCCc1ccccc1. The number of benzene rings is 2. The molecule has 3 N–H and O–H groups in total. The van der Waals surface area contributed by atoms with Gasteiger partial charge >= 0.3 is 5.97 Å². The van der Waals surface area contributed by atoms with E-state index in [1.54, 1.807) is 7.05 Å². The van der Waals surface area contributed by atoms with E-state index in [0.717, 1.165) is 11.6 Å². The second kappa shape index (κ2) is 7.26. The minimum atomic E-state index is -3.81. The molecule has 0 spiro atoms. The largest absolute Gasteiger partial charge is 0.478 e. The molecule has 0 radical (unpaired) electrons. The van der Waals surface area contributed by atoms with Gasteiger partial charge in [-0.2, -0.15) is 0 Å². The van der Waals surface area contributed by atoms with E-state index in [9.17, 15) is 13.2 Å². The molecule has 2 aromatic rings. The fraction of sp³-hybridized carbons (Fsp3) is 0.188. The van der Waals surface area contributed by atoms with Crippen LogP contribution >= 0.6 is 0 Å². The monoisotopic (exact) mass is 334 g/mol. The molecule has 2 aromatic carbocycles. The number of sulfonamides is 1. The van der Waals surface area contributed by atoms with Gasteiger partial charge in [0.2, 0.25) is 10.0 Å². The summed E-state index contributed by atoms with van der Waals surface area (Å²) in [6, 6.07) is 13.4. The highest BCUT2D eigenvalue weighted by atomic mass is 32.2. The van der Waals surface area contributed by atoms with Gasteiger partial charge in [0.15, 0.2) is 0 Å². The second-order valence-electron chi connectivity index (χ2n) is 4.90. The predicted octanol–water partition coefficient (Wildman–Crippen LogP) is 1.95. The van der Waals surface area contributed by atoms with Crippen LogP contribution in [-0.2, 0) is 16.4 Å². The zero-order valence-electron chi connectivity index (χ0n) is 12.6. The van der Waals surface area contributed by atoms with Crippen LogP contribution in [0.1, 0.15) is 15.9 Å². The first-order valence-corrected chi connectivity index (χ1v) is 8.51. The maximum Gasteiger partial charge on any atom is 0.335 e. The molecule has 0 aliphatic heterocycles. The zero-order valence-corrected chi connectivity index (χ0v) is 13.4. The van der Waals surface area contributed by atoms with Gasteiger partial charge in [-0.05, 0) is 30.2 Å². The van der Waals surface area contributed by atoms with Gasteiger partial charge in [-0.15, -0.1) is 0 Å². The lowest BCUT2D eigenvalue weighted by Gasteiger charge is -2.12. The van der Waals surface area contributed by atoms with Crippen LogP contribution in [0.4, 0.5) is 5.69 Å². The molecule has 0 aliphatic rings. The molecule has 0 saturated carbocycles. The van der Waals surface area contributed by atoms with Crippen molar-refractivity contribution in [3.05, 3.63) is 59.7 Å². The Bertz CT molecular complexity index is 789. The Hall–Kier alpha value is -2.38. The van der Waals surface area contributed by atoms with Gasteiger partial charge in [0.05, 0.1) is 11.3 Å². The number of rotatable bonds is 7. The Morgan fingerprint density at radius 2 is 1.83 bits per heavy atom. The summed E-state index contributed by atoms with van der Waals surface area (Å²) in [6.07, 6.45) is 0.549. The lowest BCUT2D eigenvalue weighted by molar-refractivity contribution is 0.0696. The molecule has 0 atom stereocenters. The number of hydrogen-bond donors (Lipinski definition) is 3. The van der Waals surface area contributed by atoms with Gasteiger partial charge in [-0.1, -0.05) is 30.3 Å². The molecule has 0 bridgehead atoms. The lowest BCUT2D eigenvalue weighted by atomic mass is 10.2. The summed E-state index contributed by atoms with van der Waals surface area (Å²) in [5, 5.41) is 11.8. The molecule has 0 unspecified atom stereocenters. The first-order chi connectivity index (χ1) is 10.9. The van der Waals surface area contributed by atoms with Gasteiger partial charge < -0.3 is 10.4 Å². The van der Waals surface area contributed by atoms with Gasteiger partial charge in [0.1, 0.15) is 4.90 Å². The molecule has 0 amide bonds. The van der Waals surface area contributed by atoms with E-state index in [4.69, 9.17) is 5.11 Å². The fourth-order valence-electron chi connectivity index (χ4n) is 2.14. The summed E-state index contributed by atoms with van der Waals surface area (Å²) >= 11 is 0. The molecule has 0 aliphatic carbocycles. The van der Waals surface area contributed by atoms with Crippen LogP contribution < -0.4 is 10.0 Å². The number of carboxylic acid groups (broad SMARTS) is 1. The molecule has 7 heteroatoms. The normalized spacial score (nSPS) is 11.2. The summed E-state index contributed by atoms with van der Waals surface area (Å²) < 4.78 is 27.4. The smallest absolute Gasteiger partial charge is 0.335 e. The summed E-state index contributed by atoms with van der Waals surface area (Å²) in [5.41, 5.74) is 1.29. The van der Waals surface area contributed by atoms with E-state index in [0.29, 0.717) is 12.1 Å². The van der Waals surface area contributed by atoms with Crippen LogP contribution in [0, 0.1) is 0 Å². The van der Waals surface area contributed by atoms with Gasteiger partial charge in [-0.25, -0.2) is 17.9 Å². The number of hydrogen-bond acceptors (Lipinski definition) is 4. The third-order valence-electron chi connectivity index (χ3n) is 3.34. The highest BCUT2D eigenvalue weighted by Crippen LogP contribution is 2.22. The van der Waals surface area contributed by atoms with Crippen molar-refractivity contribution in [3.63, 3.8) is 0 Å². The number of aromatic carboxylic acids is 1. The molecule has 23 heavy (non-hydrogen) atoms. The van der Waals surface area contributed by atoms with E-state index >= 15 is 0 Å². The fourth-order valence-corrected chi connectivity index (χ4v) is 3.40. The Labute approximate surface area is 135 Å². The van der Waals surface area contributed by atoms with Crippen LogP contribution in [0.3, 0.4) is 0 Å². The van der Waals surface area contributed by atoms with Crippen molar-refractivity contribution in [3.8, 4) is 0 Å². The van der Waals surface area contributed by atoms with E-state index in [1.807, 2.05) is 30.3 Å². The number of carbonyl (C=O) groups is 1. The highest BCUT2D eigenvalue weighted by Gasteiger charge is 2.20. The molecule has 0 aromatic heterocycles. The Balaban J connectivity index is 2.18. The molecule has 0 fully saturated rings. The Kier molecular flexibility index (Phi) is 5.36. The Morgan fingerprint density at radius 3 is 2.43 bits per heavy atom. The number of carboxylic acids is 1. The van der Waals surface area contributed by atoms with Crippen molar-refractivity contribution in [1.82, 2.24) is 4.72 Å². The van der Waals surface area contributed by atoms with Crippen LogP contribution in [0.5, 0.6) is 0 Å². The predicted molar refractivity (Wildman–Crippen MR) is 88.3 cm³/mol. The molecular weight excluding hydrogens is 316 g/mol. The van der Waals surface area contributed by atoms with Crippen molar-refractivity contribution in [2.75, 3.05) is 18.9 Å². The first kappa shape index (κ1) is 17.0. The van der Waals surface area contributed by atoms with Crippen LogP contribution in [-0.4, -0.2) is 33.1 Å². The maximum absolute atomic E-state index is 12.4. The third kappa shape index (κ3) is 4.30. The molecule has 2 rings (SSSR count). The summed E-state index contributed by atoms with van der Waals surface area (Å²) in [6.45, 7) is 0.229. The molecule has 0 heterocycles. The van der Waals surface area contributed by atoms with Crippen LogP contribution in [0.25, 0.3) is 0 Å². The second-order valence-corrected chi connectivity index (χ2v) is 6.63. The summed E-state index contributed by atoms with van der Waals surface area (Å²) in [7, 11) is -2.22. The summed E-state index contributed by atoms with van der Waals surface area (Å²) in [4.78, 5) is 11.0. The van der Waals surface area contributed by atoms with Gasteiger partial charge in [0, 0.05) is 13.6 Å². The standard InChI is InChI=1S/C16H18N2O4S/c1-17-14-8-7-13(16(19)20)11-15(14)23(21,22)18-10-9-12-5-3-2-4-6-12/h2-8,11,17-18H,9-10H2,1H3,(H,19,20). The van der Waals surface area contributed by atoms with E-state index in [-0.39, 0.29) is 17.0 Å². The van der Waals surface area contributed by atoms with Crippen LogP contribution in [0.2, 0.25) is 0 Å². The molecule has 6 nitrogen and oxygen atoms in total. The van der Waals surface area contributed by atoms with Crippen molar-refractivity contribution in [2.45, 2.75) is 11.3 Å². The number of nitrogens with one attached hydrogen (secondary N) is 2. The topological polar surface area (TPSA) is 95.5 Å². The van der Waals surface area contributed by atoms with E-state index in [1.165, 1.54) is 12.1 Å². The highest BCUT2D eigenvalue weighted by molar-refractivity contribution is 7.89. The average Bonchev–Trinajstić information content (AvgIpc) is 2.55. The molecule has 0 saturated heterocycles.